The lowest BCUT2D eigenvalue weighted by Crippen LogP contribution is -2.08. The molecule has 1 unspecified atom stereocenters. The first-order valence-corrected chi connectivity index (χ1v) is 5.80. The van der Waals surface area contributed by atoms with E-state index in [4.69, 9.17) is 10.5 Å². The van der Waals surface area contributed by atoms with Crippen LogP contribution in [0.5, 0.6) is 5.75 Å². The van der Waals surface area contributed by atoms with Crippen molar-refractivity contribution >= 4 is 11.4 Å². The summed E-state index contributed by atoms with van der Waals surface area (Å²) in [4.78, 5) is 4.11. The number of nitrogens with zero attached hydrogens (tertiary/aromatic N) is 1. The maximum Gasteiger partial charge on any atom is 0.121 e. The third kappa shape index (κ3) is 2.71. The first-order chi connectivity index (χ1) is 8.70. The Bertz CT molecular complexity index is 514. The molecule has 2 rings (SSSR count). The van der Waals surface area contributed by atoms with E-state index in [1.165, 1.54) is 0 Å². The van der Waals surface area contributed by atoms with Crippen LogP contribution in [-0.2, 0) is 0 Å². The van der Waals surface area contributed by atoms with E-state index in [9.17, 15) is 0 Å². The van der Waals surface area contributed by atoms with Crippen molar-refractivity contribution in [1.29, 1.82) is 0 Å². The fourth-order valence-corrected chi connectivity index (χ4v) is 1.74. The predicted octanol–water partition coefficient (Wildman–Crippen LogP) is 2.85. The molecular weight excluding hydrogens is 226 g/mol. The maximum absolute atomic E-state index is 5.94. The Morgan fingerprint density at radius 3 is 2.83 bits per heavy atom. The van der Waals surface area contributed by atoms with Crippen LogP contribution in [0.25, 0.3) is 0 Å². The van der Waals surface area contributed by atoms with E-state index in [0.29, 0.717) is 5.69 Å². The molecule has 1 aromatic carbocycles. The molecule has 0 amide bonds. The van der Waals surface area contributed by atoms with Crippen LogP contribution < -0.4 is 15.8 Å². The molecule has 0 aliphatic heterocycles. The Morgan fingerprint density at radius 1 is 1.33 bits per heavy atom. The molecule has 94 valence electrons. The SMILES string of the molecule is COc1ccc(N)c(NC(C)c2cccnc2)c1. The van der Waals surface area contributed by atoms with E-state index in [1.54, 1.807) is 13.3 Å². The smallest absolute Gasteiger partial charge is 0.121 e. The van der Waals surface area contributed by atoms with Gasteiger partial charge in [0.2, 0.25) is 0 Å². The molecule has 1 aromatic heterocycles. The van der Waals surface area contributed by atoms with Gasteiger partial charge < -0.3 is 15.8 Å². The highest BCUT2D eigenvalue weighted by atomic mass is 16.5. The molecule has 0 saturated heterocycles. The normalized spacial score (nSPS) is 11.9. The highest BCUT2D eigenvalue weighted by Crippen LogP contribution is 2.27. The fraction of sp³-hybridized carbons (Fsp3) is 0.214. The van der Waals surface area contributed by atoms with E-state index in [2.05, 4.69) is 17.2 Å². The van der Waals surface area contributed by atoms with Gasteiger partial charge in [0.25, 0.3) is 0 Å². The number of benzene rings is 1. The van der Waals surface area contributed by atoms with Gasteiger partial charge in [-0.15, -0.1) is 0 Å². The third-order valence-corrected chi connectivity index (χ3v) is 2.82. The van der Waals surface area contributed by atoms with Gasteiger partial charge in [0.1, 0.15) is 5.75 Å². The lowest BCUT2D eigenvalue weighted by atomic mass is 10.1. The van der Waals surface area contributed by atoms with Crippen molar-refractivity contribution in [2.24, 2.45) is 0 Å². The van der Waals surface area contributed by atoms with Crippen molar-refractivity contribution in [3.05, 3.63) is 48.3 Å². The van der Waals surface area contributed by atoms with Crippen molar-refractivity contribution in [3.8, 4) is 5.75 Å². The second-order valence-electron chi connectivity index (χ2n) is 4.11. The van der Waals surface area contributed by atoms with E-state index in [-0.39, 0.29) is 6.04 Å². The molecule has 1 atom stereocenters. The molecule has 0 radical (unpaired) electrons. The molecule has 2 aromatic rings. The van der Waals surface area contributed by atoms with Gasteiger partial charge in [-0.25, -0.2) is 0 Å². The van der Waals surface area contributed by atoms with Gasteiger partial charge in [-0.1, -0.05) is 6.07 Å². The van der Waals surface area contributed by atoms with Crippen LogP contribution in [0.3, 0.4) is 0 Å². The van der Waals surface area contributed by atoms with Gasteiger partial charge in [-0.2, -0.15) is 0 Å². The zero-order chi connectivity index (χ0) is 13.0. The van der Waals surface area contributed by atoms with Crippen LogP contribution in [0.4, 0.5) is 11.4 Å². The second-order valence-corrected chi connectivity index (χ2v) is 4.11. The van der Waals surface area contributed by atoms with Crippen LogP contribution in [0.1, 0.15) is 18.5 Å². The Balaban J connectivity index is 2.18. The number of aromatic nitrogens is 1. The van der Waals surface area contributed by atoms with Crippen LogP contribution in [0, 0.1) is 0 Å². The number of nitrogen functional groups attached to an aromatic ring is 1. The molecule has 4 nitrogen and oxygen atoms in total. The lowest BCUT2D eigenvalue weighted by molar-refractivity contribution is 0.415. The first-order valence-electron chi connectivity index (χ1n) is 5.80. The maximum atomic E-state index is 5.94. The molecule has 0 bridgehead atoms. The monoisotopic (exact) mass is 243 g/mol. The number of hydrogen-bond acceptors (Lipinski definition) is 4. The minimum atomic E-state index is 0.133. The van der Waals surface area contributed by atoms with Crippen LogP contribution in [0.2, 0.25) is 0 Å². The Labute approximate surface area is 107 Å². The summed E-state index contributed by atoms with van der Waals surface area (Å²) in [6.45, 7) is 2.07. The van der Waals surface area contributed by atoms with Crippen LogP contribution >= 0.6 is 0 Å². The molecule has 18 heavy (non-hydrogen) atoms. The molecule has 1 heterocycles. The predicted molar refractivity (Wildman–Crippen MR) is 73.7 cm³/mol. The van der Waals surface area contributed by atoms with Crippen molar-refractivity contribution in [1.82, 2.24) is 4.98 Å². The quantitative estimate of drug-likeness (QED) is 0.811. The number of nitrogens with one attached hydrogen (secondary N) is 1. The summed E-state index contributed by atoms with van der Waals surface area (Å²) >= 11 is 0. The standard InChI is InChI=1S/C14H17N3O/c1-10(11-4-3-7-16-9-11)17-14-8-12(18-2)5-6-13(14)15/h3-10,17H,15H2,1-2H3. The summed E-state index contributed by atoms with van der Waals surface area (Å²) in [7, 11) is 1.64. The number of ether oxygens (including phenoxy) is 1. The van der Waals surface area contributed by atoms with E-state index in [0.717, 1.165) is 17.0 Å². The Kier molecular flexibility index (Phi) is 3.67. The van der Waals surface area contributed by atoms with Crippen molar-refractivity contribution in [2.45, 2.75) is 13.0 Å². The van der Waals surface area contributed by atoms with Gasteiger partial charge in [-0.05, 0) is 30.7 Å². The summed E-state index contributed by atoms with van der Waals surface area (Å²) in [5.41, 5.74) is 8.61. The summed E-state index contributed by atoms with van der Waals surface area (Å²) in [5, 5.41) is 3.36. The summed E-state index contributed by atoms with van der Waals surface area (Å²) in [6.07, 6.45) is 3.60. The Morgan fingerprint density at radius 2 is 2.17 bits per heavy atom. The highest BCUT2D eigenvalue weighted by molar-refractivity contribution is 5.68. The van der Waals surface area contributed by atoms with Crippen LogP contribution in [0.15, 0.2) is 42.7 Å². The van der Waals surface area contributed by atoms with Crippen molar-refractivity contribution < 1.29 is 4.74 Å². The fourth-order valence-electron chi connectivity index (χ4n) is 1.74. The topological polar surface area (TPSA) is 60.2 Å². The van der Waals surface area contributed by atoms with Crippen molar-refractivity contribution in [2.75, 3.05) is 18.2 Å². The molecule has 0 fully saturated rings. The highest BCUT2D eigenvalue weighted by Gasteiger charge is 2.08. The van der Waals surface area contributed by atoms with Gasteiger partial charge in [0.15, 0.2) is 0 Å². The number of anilines is 2. The molecule has 4 heteroatoms. The number of pyridine rings is 1. The van der Waals surface area contributed by atoms with Gasteiger partial charge in [0, 0.05) is 18.5 Å². The average molecular weight is 243 g/mol. The zero-order valence-electron chi connectivity index (χ0n) is 10.6. The lowest BCUT2D eigenvalue weighted by Gasteiger charge is -2.17. The average Bonchev–Trinajstić information content (AvgIpc) is 2.42. The van der Waals surface area contributed by atoms with Gasteiger partial charge in [0.05, 0.1) is 24.5 Å². The van der Waals surface area contributed by atoms with Crippen molar-refractivity contribution in [3.63, 3.8) is 0 Å². The zero-order valence-corrected chi connectivity index (χ0v) is 10.6. The van der Waals surface area contributed by atoms with E-state index >= 15 is 0 Å². The number of methoxy groups -OCH3 is 1. The number of hydrogen-bond donors (Lipinski definition) is 2. The summed E-state index contributed by atoms with van der Waals surface area (Å²) in [5.74, 6) is 0.782. The minimum Gasteiger partial charge on any atom is -0.497 e. The van der Waals surface area contributed by atoms with Gasteiger partial charge >= 0.3 is 0 Å². The molecular formula is C14H17N3O. The number of rotatable bonds is 4. The Hall–Kier alpha value is -2.23. The third-order valence-electron chi connectivity index (χ3n) is 2.82. The largest absolute Gasteiger partial charge is 0.497 e. The molecule has 3 N–H and O–H groups in total. The molecule has 0 spiro atoms. The minimum absolute atomic E-state index is 0.133. The molecule has 0 saturated carbocycles. The van der Waals surface area contributed by atoms with Gasteiger partial charge in [-0.3, -0.25) is 4.98 Å². The number of nitrogens with two attached hydrogens (primary N) is 1. The summed E-state index contributed by atoms with van der Waals surface area (Å²) < 4.78 is 5.19. The molecule has 0 aliphatic carbocycles. The van der Waals surface area contributed by atoms with E-state index in [1.807, 2.05) is 36.5 Å². The first kappa shape index (κ1) is 12.2. The summed E-state index contributed by atoms with van der Waals surface area (Å²) in [6, 6.07) is 9.64. The second kappa shape index (κ2) is 5.40. The van der Waals surface area contributed by atoms with E-state index < -0.39 is 0 Å². The van der Waals surface area contributed by atoms with Crippen LogP contribution in [-0.4, -0.2) is 12.1 Å². The molecule has 0 aliphatic rings.